The lowest BCUT2D eigenvalue weighted by Crippen LogP contribution is -2.62. The molecule has 0 bridgehead atoms. The van der Waals surface area contributed by atoms with Crippen LogP contribution in [-0.2, 0) is 32.5 Å². The average Bonchev–Trinajstić information content (AvgIpc) is 3.55. The lowest BCUT2D eigenvalue weighted by atomic mass is 9.33. The first kappa shape index (κ1) is 45.1. The second-order valence-electron chi connectivity index (χ2n) is 26.3. The van der Waals surface area contributed by atoms with Crippen molar-refractivity contribution in [2.24, 2.45) is 0 Å². The Kier molecular flexibility index (Phi) is 10.0. The van der Waals surface area contributed by atoms with E-state index in [1.165, 1.54) is 111 Å². The molecule has 0 spiro atoms. The van der Waals surface area contributed by atoms with Crippen LogP contribution in [0, 0.1) is 0 Å². The lowest BCUT2D eigenvalue weighted by molar-refractivity contribution is 0.332. The summed E-state index contributed by atoms with van der Waals surface area (Å²) in [5, 5.41) is 4.29. The SMILES string of the molecule is CC(C)(C)c1ccc(N2c3cc([Si](C)(C)C)cc4c3B(c3cc(C(C)(C)C)ccc3N4c3ccc(C(C)(C)C)cc3C(C)(C)C)c3c2sc2cc4c(cc32)C(C)(C)CCC4(C)C)cc1. The molecule has 0 fully saturated rings. The normalized spacial score (nSPS) is 17.0. The summed E-state index contributed by atoms with van der Waals surface area (Å²) in [4.78, 5) is 5.41. The van der Waals surface area contributed by atoms with Crippen molar-refractivity contribution in [3.63, 3.8) is 0 Å². The highest BCUT2D eigenvalue weighted by Crippen LogP contribution is 2.53. The predicted molar refractivity (Wildman–Crippen MR) is 289 cm³/mol. The van der Waals surface area contributed by atoms with Crippen molar-refractivity contribution in [3.05, 3.63) is 118 Å². The van der Waals surface area contributed by atoms with Gasteiger partial charge in [0.1, 0.15) is 0 Å². The van der Waals surface area contributed by atoms with Gasteiger partial charge in [0.25, 0.3) is 6.71 Å². The van der Waals surface area contributed by atoms with Gasteiger partial charge in [-0.2, -0.15) is 0 Å². The molecular weight excluding hydrogens is 808 g/mol. The van der Waals surface area contributed by atoms with Crippen LogP contribution in [0.15, 0.2) is 84.9 Å². The van der Waals surface area contributed by atoms with Gasteiger partial charge in [-0.15, -0.1) is 11.3 Å². The molecule has 2 nitrogen and oxygen atoms in total. The molecule has 5 heteroatoms. The Morgan fingerprint density at radius 1 is 0.516 bits per heavy atom. The Balaban J connectivity index is 1.47. The Bertz CT molecular complexity index is 2860. The van der Waals surface area contributed by atoms with Gasteiger partial charge in [0.2, 0.25) is 0 Å². The molecule has 64 heavy (non-hydrogen) atoms. The van der Waals surface area contributed by atoms with E-state index in [1.807, 2.05) is 11.3 Å². The van der Waals surface area contributed by atoms with Crippen molar-refractivity contribution in [2.75, 3.05) is 9.80 Å². The van der Waals surface area contributed by atoms with E-state index in [1.54, 1.807) is 0 Å². The first-order valence-corrected chi connectivity index (χ1v) is 28.5. The fourth-order valence-corrected chi connectivity index (χ4v) is 13.3. The van der Waals surface area contributed by atoms with E-state index in [2.05, 4.69) is 225 Å². The molecule has 0 N–H and O–H groups in total. The Morgan fingerprint density at radius 3 is 1.55 bits per heavy atom. The van der Waals surface area contributed by atoms with Gasteiger partial charge in [0, 0.05) is 33.1 Å². The topological polar surface area (TPSA) is 6.48 Å². The Hall–Kier alpha value is -4.06. The van der Waals surface area contributed by atoms with Crippen LogP contribution in [0.5, 0.6) is 0 Å². The van der Waals surface area contributed by atoms with Gasteiger partial charge in [0.15, 0.2) is 0 Å². The summed E-state index contributed by atoms with van der Waals surface area (Å²) < 4.78 is 1.41. The van der Waals surface area contributed by atoms with E-state index < -0.39 is 8.07 Å². The summed E-state index contributed by atoms with van der Waals surface area (Å²) in [5.41, 5.74) is 19.7. The van der Waals surface area contributed by atoms with Crippen molar-refractivity contribution in [2.45, 2.75) is 176 Å². The quantitative estimate of drug-likeness (QED) is 0.163. The van der Waals surface area contributed by atoms with Crippen molar-refractivity contribution in [1.82, 2.24) is 0 Å². The molecule has 0 radical (unpaired) electrons. The first-order chi connectivity index (χ1) is 29.4. The second kappa shape index (κ2) is 14.2. The lowest BCUT2D eigenvalue weighted by Gasteiger charge is -2.45. The van der Waals surface area contributed by atoms with Crippen LogP contribution in [0.4, 0.5) is 33.4 Å². The summed E-state index contributed by atoms with van der Waals surface area (Å²) in [6, 6.07) is 35.1. The van der Waals surface area contributed by atoms with Crippen molar-refractivity contribution >= 4 is 91.2 Å². The number of hydrogen-bond donors (Lipinski definition) is 0. The molecule has 334 valence electrons. The highest BCUT2D eigenvalue weighted by molar-refractivity contribution is 7.26. The predicted octanol–water partition coefficient (Wildman–Crippen LogP) is 15.1. The molecule has 3 heterocycles. The van der Waals surface area contributed by atoms with E-state index >= 15 is 0 Å². The van der Waals surface area contributed by atoms with Gasteiger partial charge in [0.05, 0.1) is 13.1 Å². The Morgan fingerprint density at radius 2 is 1.02 bits per heavy atom. The molecular formula is C59H75BN2SSi. The summed E-state index contributed by atoms with van der Waals surface area (Å²) in [5.74, 6) is 0. The third-order valence-corrected chi connectivity index (χ3v) is 18.5. The fourth-order valence-electron chi connectivity index (χ4n) is 10.9. The van der Waals surface area contributed by atoms with Gasteiger partial charge in [-0.1, -0.05) is 172 Å². The average molecular weight is 883 g/mol. The molecule has 5 aromatic carbocycles. The number of nitrogens with zero attached hydrogens (tertiary/aromatic N) is 2. The van der Waals surface area contributed by atoms with E-state index in [0.717, 1.165) is 0 Å². The highest BCUT2D eigenvalue weighted by Gasteiger charge is 2.48. The number of hydrogen-bond acceptors (Lipinski definition) is 3. The van der Waals surface area contributed by atoms with E-state index in [9.17, 15) is 0 Å². The van der Waals surface area contributed by atoms with Crippen LogP contribution in [0.3, 0.4) is 0 Å². The molecule has 3 aliphatic rings. The molecule has 1 aliphatic carbocycles. The monoisotopic (exact) mass is 883 g/mol. The molecule has 0 saturated heterocycles. The second-order valence-corrected chi connectivity index (χ2v) is 32.4. The maximum Gasteiger partial charge on any atom is 0.254 e. The number of benzene rings is 5. The molecule has 0 unspecified atom stereocenters. The largest absolute Gasteiger partial charge is 0.311 e. The third-order valence-electron chi connectivity index (χ3n) is 15.3. The smallest absolute Gasteiger partial charge is 0.254 e. The molecule has 9 rings (SSSR count). The minimum atomic E-state index is -1.87. The Labute approximate surface area is 393 Å². The zero-order valence-corrected chi connectivity index (χ0v) is 44.7. The van der Waals surface area contributed by atoms with Gasteiger partial charge in [-0.05, 0) is 149 Å². The van der Waals surface area contributed by atoms with Crippen LogP contribution in [0.25, 0.3) is 10.1 Å². The van der Waals surface area contributed by atoms with Crippen LogP contribution in [0.2, 0.25) is 19.6 Å². The maximum absolute atomic E-state index is 2.71. The van der Waals surface area contributed by atoms with E-state index in [0.29, 0.717) is 0 Å². The minimum Gasteiger partial charge on any atom is -0.311 e. The van der Waals surface area contributed by atoms with Gasteiger partial charge in [-0.25, -0.2) is 0 Å². The van der Waals surface area contributed by atoms with Crippen LogP contribution >= 0.6 is 11.3 Å². The zero-order valence-electron chi connectivity index (χ0n) is 42.9. The molecule has 1 aromatic heterocycles. The van der Waals surface area contributed by atoms with Crippen LogP contribution < -0.4 is 31.4 Å². The summed E-state index contributed by atoms with van der Waals surface area (Å²) >= 11 is 2.03. The molecule has 0 atom stereocenters. The number of thiophene rings is 1. The summed E-state index contributed by atoms with van der Waals surface area (Å²) in [6.45, 7) is 45.9. The molecule has 0 amide bonds. The fraction of sp³-hybridized carbons (Fsp3) is 0.458. The number of fused-ring (bicyclic) bond motifs is 7. The van der Waals surface area contributed by atoms with Crippen LogP contribution in [0.1, 0.15) is 157 Å². The van der Waals surface area contributed by atoms with E-state index in [-0.39, 0.29) is 39.2 Å². The standard InChI is InChI=1S/C59H75BN2SSi/c1-54(2,3)36-20-24-39(25-21-36)61-48-32-40(64(17,18)19)33-49-52(48)60(51-41-34-42-43(35-50(41)63-53(51)61)59(15,16)29-28-58(42,13)14)45-31-38(56(7,8)9)23-27-47(45)62(49)46-26-22-37(55(4,5)6)30-44(46)57(10,11)12/h20-27,30-35H,28-29H2,1-19H3. The van der Waals surface area contributed by atoms with Gasteiger partial charge in [-0.3, -0.25) is 0 Å². The zero-order chi connectivity index (χ0) is 46.6. The maximum atomic E-state index is 2.71. The van der Waals surface area contributed by atoms with E-state index in [4.69, 9.17) is 0 Å². The highest BCUT2D eigenvalue weighted by atomic mass is 32.1. The van der Waals surface area contributed by atoms with Crippen molar-refractivity contribution in [3.8, 4) is 0 Å². The minimum absolute atomic E-state index is 0.0146. The molecule has 2 aliphatic heterocycles. The number of anilines is 6. The van der Waals surface area contributed by atoms with Gasteiger partial charge < -0.3 is 9.80 Å². The summed E-state index contributed by atoms with van der Waals surface area (Å²) in [6.07, 6.45) is 2.41. The summed E-state index contributed by atoms with van der Waals surface area (Å²) in [7, 11) is -1.87. The third kappa shape index (κ3) is 7.25. The molecule has 0 saturated carbocycles. The van der Waals surface area contributed by atoms with Crippen molar-refractivity contribution in [1.29, 1.82) is 0 Å². The first-order valence-electron chi connectivity index (χ1n) is 24.2. The number of rotatable bonds is 3. The van der Waals surface area contributed by atoms with Crippen LogP contribution in [-0.4, -0.2) is 14.8 Å². The molecule has 6 aromatic rings. The van der Waals surface area contributed by atoms with Crippen molar-refractivity contribution < 1.29 is 0 Å². The van der Waals surface area contributed by atoms with Gasteiger partial charge >= 0.3 is 0 Å².